The molecule has 0 aromatic carbocycles. The molecule has 2 rings (SSSR count). The molecule has 2 heterocycles. The number of aromatic carboxylic acids is 1. The van der Waals surface area contributed by atoms with Crippen LogP contribution in [0, 0.1) is 6.92 Å². The molecule has 0 saturated carbocycles. The highest BCUT2D eigenvalue weighted by Gasteiger charge is 2.18. The first kappa shape index (κ1) is 11.9. The third-order valence-electron chi connectivity index (χ3n) is 3.00. The summed E-state index contributed by atoms with van der Waals surface area (Å²) in [4.78, 5) is 22.3. The molecule has 1 unspecified atom stereocenters. The third-order valence-corrected chi connectivity index (χ3v) is 3.00. The van der Waals surface area contributed by atoms with E-state index in [-0.39, 0.29) is 11.7 Å². The summed E-state index contributed by atoms with van der Waals surface area (Å²) in [6.45, 7) is 3.16. The van der Waals surface area contributed by atoms with E-state index >= 15 is 0 Å². The molecule has 5 heteroatoms. The Morgan fingerprint density at radius 3 is 3.00 bits per heavy atom. The number of carboxylic acids is 1. The van der Waals surface area contributed by atoms with Crippen LogP contribution in [0.2, 0.25) is 0 Å². The maximum atomic E-state index is 11.4. The van der Waals surface area contributed by atoms with Crippen molar-refractivity contribution in [3.05, 3.63) is 33.7 Å². The Balaban J connectivity index is 2.29. The van der Waals surface area contributed by atoms with Gasteiger partial charge in [0.15, 0.2) is 5.43 Å². The van der Waals surface area contributed by atoms with Crippen LogP contribution in [-0.4, -0.2) is 28.4 Å². The number of carbonyl (C=O) groups is 1. The van der Waals surface area contributed by atoms with E-state index in [1.54, 1.807) is 11.5 Å². The standard InChI is InChI=1S/C12H15NO4/c1-8-5-11(14)10(12(15)16)7-13(8)6-9-3-2-4-17-9/h5,7,9H,2-4,6H2,1H3,(H,15,16). The number of pyridine rings is 1. The van der Waals surface area contributed by atoms with Gasteiger partial charge in [0, 0.05) is 31.1 Å². The molecule has 1 aromatic heterocycles. The predicted molar refractivity (Wildman–Crippen MR) is 61.4 cm³/mol. The Bertz CT molecular complexity index is 486. The molecule has 1 aliphatic rings. The highest BCUT2D eigenvalue weighted by molar-refractivity contribution is 5.87. The normalized spacial score (nSPS) is 19.5. The van der Waals surface area contributed by atoms with Gasteiger partial charge in [-0.25, -0.2) is 4.79 Å². The van der Waals surface area contributed by atoms with Crippen LogP contribution in [-0.2, 0) is 11.3 Å². The van der Waals surface area contributed by atoms with Crippen LogP contribution < -0.4 is 5.43 Å². The molecular formula is C12H15NO4. The van der Waals surface area contributed by atoms with Crippen molar-refractivity contribution in [1.29, 1.82) is 0 Å². The summed E-state index contributed by atoms with van der Waals surface area (Å²) in [5, 5.41) is 8.90. The Morgan fingerprint density at radius 1 is 1.65 bits per heavy atom. The number of nitrogens with zero attached hydrogens (tertiary/aromatic N) is 1. The lowest BCUT2D eigenvalue weighted by atomic mass is 10.2. The molecule has 0 radical (unpaired) electrons. The third kappa shape index (κ3) is 2.55. The van der Waals surface area contributed by atoms with Gasteiger partial charge in [0.25, 0.3) is 0 Å². The minimum Gasteiger partial charge on any atom is -0.477 e. The number of hydrogen-bond acceptors (Lipinski definition) is 3. The van der Waals surface area contributed by atoms with E-state index in [1.807, 2.05) is 0 Å². The average Bonchev–Trinajstić information content (AvgIpc) is 2.74. The first-order valence-electron chi connectivity index (χ1n) is 5.64. The monoisotopic (exact) mass is 237 g/mol. The largest absolute Gasteiger partial charge is 0.477 e. The van der Waals surface area contributed by atoms with E-state index in [1.165, 1.54) is 12.3 Å². The molecule has 5 nitrogen and oxygen atoms in total. The van der Waals surface area contributed by atoms with Crippen molar-refractivity contribution >= 4 is 5.97 Å². The molecule has 92 valence electrons. The van der Waals surface area contributed by atoms with E-state index in [4.69, 9.17) is 9.84 Å². The van der Waals surface area contributed by atoms with Gasteiger partial charge in [-0.05, 0) is 19.8 Å². The molecule has 17 heavy (non-hydrogen) atoms. The van der Waals surface area contributed by atoms with Gasteiger partial charge >= 0.3 is 5.97 Å². The van der Waals surface area contributed by atoms with Crippen LogP contribution in [0.3, 0.4) is 0 Å². The Labute approximate surface area is 98.6 Å². The van der Waals surface area contributed by atoms with Crippen LogP contribution >= 0.6 is 0 Å². The number of carboxylic acid groups (broad SMARTS) is 1. The minimum absolute atomic E-state index is 0.123. The Hall–Kier alpha value is -1.62. The van der Waals surface area contributed by atoms with Crippen molar-refractivity contribution in [2.24, 2.45) is 0 Å². The van der Waals surface area contributed by atoms with Gasteiger partial charge < -0.3 is 14.4 Å². The van der Waals surface area contributed by atoms with E-state index in [0.717, 1.165) is 25.1 Å². The van der Waals surface area contributed by atoms with Gasteiger partial charge in [-0.2, -0.15) is 0 Å². The fourth-order valence-electron chi connectivity index (χ4n) is 2.04. The van der Waals surface area contributed by atoms with Crippen LogP contribution in [0.15, 0.2) is 17.1 Å². The van der Waals surface area contributed by atoms with Crippen molar-refractivity contribution in [1.82, 2.24) is 4.57 Å². The summed E-state index contributed by atoms with van der Waals surface area (Å²) in [5.74, 6) is -1.18. The summed E-state index contributed by atoms with van der Waals surface area (Å²) in [7, 11) is 0. The number of aromatic nitrogens is 1. The molecule has 0 aliphatic carbocycles. The maximum Gasteiger partial charge on any atom is 0.341 e. The Morgan fingerprint density at radius 2 is 2.41 bits per heavy atom. The van der Waals surface area contributed by atoms with Crippen LogP contribution in [0.4, 0.5) is 0 Å². The molecule has 1 N–H and O–H groups in total. The fraction of sp³-hybridized carbons (Fsp3) is 0.500. The van der Waals surface area contributed by atoms with Crippen molar-refractivity contribution in [2.45, 2.75) is 32.4 Å². The maximum absolute atomic E-state index is 11.4. The van der Waals surface area contributed by atoms with Gasteiger partial charge in [-0.1, -0.05) is 0 Å². The summed E-state index contributed by atoms with van der Waals surface area (Å²) < 4.78 is 7.27. The first-order chi connectivity index (χ1) is 8.08. The van der Waals surface area contributed by atoms with Crippen molar-refractivity contribution in [3.63, 3.8) is 0 Å². The number of ether oxygens (including phenoxy) is 1. The number of rotatable bonds is 3. The van der Waals surface area contributed by atoms with E-state index in [0.29, 0.717) is 6.54 Å². The number of aryl methyl sites for hydroxylation is 1. The lowest BCUT2D eigenvalue weighted by molar-refractivity contribution is 0.0692. The molecule has 0 spiro atoms. The zero-order chi connectivity index (χ0) is 12.4. The molecule has 1 saturated heterocycles. The smallest absolute Gasteiger partial charge is 0.341 e. The Kier molecular flexibility index (Phi) is 3.28. The zero-order valence-corrected chi connectivity index (χ0v) is 9.68. The average molecular weight is 237 g/mol. The van der Waals surface area contributed by atoms with Gasteiger partial charge in [-0.15, -0.1) is 0 Å². The molecule has 1 atom stereocenters. The van der Waals surface area contributed by atoms with E-state index < -0.39 is 11.4 Å². The van der Waals surface area contributed by atoms with Gasteiger partial charge in [0.05, 0.1) is 6.10 Å². The van der Waals surface area contributed by atoms with Crippen molar-refractivity contribution in [2.75, 3.05) is 6.61 Å². The van der Waals surface area contributed by atoms with Crippen molar-refractivity contribution < 1.29 is 14.6 Å². The van der Waals surface area contributed by atoms with Crippen LogP contribution in [0.1, 0.15) is 28.9 Å². The molecule has 1 aromatic rings. The molecular weight excluding hydrogens is 222 g/mol. The van der Waals surface area contributed by atoms with Crippen LogP contribution in [0.25, 0.3) is 0 Å². The van der Waals surface area contributed by atoms with Gasteiger partial charge in [0.1, 0.15) is 5.56 Å². The van der Waals surface area contributed by atoms with Gasteiger partial charge in [0.2, 0.25) is 0 Å². The quantitative estimate of drug-likeness (QED) is 0.852. The van der Waals surface area contributed by atoms with Gasteiger partial charge in [-0.3, -0.25) is 4.79 Å². The summed E-state index contributed by atoms with van der Waals surface area (Å²) in [6, 6.07) is 1.36. The lowest BCUT2D eigenvalue weighted by Crippen LogP contribution is -2.23. The SMILES string of the molecule is Cc1cc(=O)c(C(=O)O)cn1CC1CCCO1. The summed E-state index contributed by atoms with van der Waals surface area (Å²) >= 11 is 0. The molecule has 1 aliphatic heterocycles. The summed E-state index contributed by atoms with van der Waals surface area (Å²) in [6.07, 6.45) is 3.54. The topological polar surface area (TPSA) is 68.5 Å². The second kappa shape index (κ2) is 4.71. The highest BCUT2D eigenvalue weighted by Crippen LogP contribution is 2.14. The second-order valence-corrected chi connectivity index (χ2v) is 4.29. The minimum atomic E-state index is -1.18. The number of hydrogen-bond donors (Lipinski definition) is 1. The predicted octanol–water partition coefficient (Wildman–Crippen LogP) is 1.03. The highest BCUT2D eigenvalue weighted by atomic mass is 16.5. The zero-order valence-electron chi connectivity index (χ0n) is 9.68. The molecule has 0 amide bonds. The first-order valence-corrected chi connectivity index (χ1v) is 5.64. The van der Waals surface area contributed by atoms with E-state index in [2.05, 4.69) is 0 Å². The second-order valence-electron chi connectivity index (χ2n) is 4.29. The van der Waals surface area contributed by atoms with E-state index in [9.17, 15) is 9.59 Å². The van der Waals surface area contributed by atoms with Crippen LogP contribution in [0.5, 0.6) is 0 Å². The summed E-state index contributed by atoms with van der Waals surface area (Å²) in [5.41, 5.74) is 0.127. The van der Waals surface area contributed by atoms with Crippen molar-refractivity contribution in [3.8, 4) is 0 Å². The molecule has 0 bridgehead atoms. The molecule has 1 fully saturated rings. The lowest BCUT2D eigenvalue weighted by Gasteiger charge is -2.15. The fourth-order valence-corrected chi connectivity index (χ4v) is 2.04.